The predicted molar refractivity (Wildman–Crippen MR) is 92.2 cm³/mol. The summed E-state index contributed by atoms with van der Waals surface area (Å²) in [7, 11) is 0. The van der Waals surface area contributed by atoms with Gasteiger partial charge in [-0.25, -0.2) is 4.39 Å². The summed E-state index contributed by atoms with van der Waals surface area (Å²) in [6.45, 7) is 0.361. The number of hydrogen-bond acceptors (Lipinski definition) is 4. The molecule has 1 aliphatic rings. The molecule has 0 heterocycles. The van der Waals surface area contributed by atoms with Gasteiger partial charge in [-0.2, -0.15) is 0 Å². The van der Waals surface area contributed by atoms with Gasteiger partial charge < -0.3 is 10.6 Å². The summed E-state index contributed by atoms with van der Waals surface area (Å²) in [4.78, 5) is 22.9. The normalized spacial score (nSPS) is 13.3. The molecule has 0 bridgehead atoms. The van der Waals surface area contributed by atoms with Crippen molar-refractivity contribution >= 4 is 17.3 Å². The molecule has 6 nitrogen and oxygen atoms in total. The highest BCUT2D eigenvalue weighted by atomic mass is 19.1. The van der Waals surface area contributed by atoms with Gasteiger partial charge in [-0.05, 0) is 49.1 Å². The monoisotopic (exact) mass is 343 g/mol. The molecule has 2 aromatic carbocycles. The molecule has 1 fully saturated rings. The van der Waals surface area contributed by atoms with Crippen molar-refractivity contribution in [2.45, 2.75) is 25.3 Å². The van der Waals surface area contributed by atoms with E-state index in [1.54, 1.807) is 24.3 Å². The van der Waals surface area contributed by atoms with Crippen molar-refractivity contribution in [1.82, 2.24) is 5.32 Å². The van der Waals surface area contributed by atoms with E-state index in [9.17, 15) is 19.3 Å². The summed E-state index contributed by atoms with van der Waals surface area (Å²) in [6, 6.07) is 10.8. The maximum atomic E-state index is 12.8. The SMILES string of the molecule is O=C(NCCc1ccc(F)cc1)c1ccc(NC2CC2)c([N+](=O)[O-])c1. The van der Waals surface area contributed by atoms with Gasteiger partial charge in [0.15, 0.2) is 0 Å². The molecule has 130 valence electrons. The maximum Gasteiger partial charge on any atom is 0.293 e. The van der Waals surface area contributed by atoms with Crippen molar-refractivity contribution in [3.05, 3.63) is 69.5 Å². The molecule has 1 saturated carbocycles. The van der Waals surface area contributed by atoms with Crippen molar-refractivity contribution < 1.29 is 14.1 Å². The molecule has 0 atom stereocenters. The quantitative estimate of drug-likeness (QED) is 0.597. The van der Waals surface area contributed by atoms with Gasteiger partial charge in [0.25, 0.3) is 11.6 Å². The third-order valence-corrected chi connectivity index (χ3v) is 4.01. The Kier molecular flexibility index (Phi) is 4.92. The number of nitrogens with one attached hydrogen (secondary N) is 2. The summed E-state index contributed by atoms with van der Waals surface area (Å²) in [6.07, 6.45) is 2.56. The molecule has 0 spiro atoms. The third kappa shape index (κ3) is 4.53. The van der Waals surface area contributed by atoms with E-state index >= 15 is 0 Å². The highest BCUT2D eigenvalue weighted by Crippen LogP contribution is 2.31. The van der Waals surface area contributed by atoms with Gasteiger partial charge in [-0.3, -0.25) is 14.9 Å². The Hall–Kier alpha value is -2.96. The Morgan fingerprint density at radius 3 is 2.56 bits per heavy atom. The first-order valence-electron chi connectivity index (χ1n) is 8.10. The van der Waals surface area contributed by atoms with E-state index < -0.39 is 4.92 Å². The first-order valence-corrected chi connectivity index (χ1v) is 8.10. The van der Waals surface area contributed by atoms with Crippen LogP contribution in [0, 0.1) is 15.9 Å². The number of rotatable bonds is 7. The van der Waals surface area contributed by atoms with Crippen molar-refractivity contribution in [3.8, 4) is 0 Å². The number of carbonyl (C=O) groups is 1. The lowest BCUT2D eigenvalue weighted by molar-refractivity contribution is -0.384. The molecule has 3 rings (SSSR count). The van der Waals surface area contributed by atoms with Crippen LogP contribution < -0.4 is 10.6 Å². The summed E-state index contributed by atoms with van der Waals surface area (Å²) < 4.78 is 12.8. The Morgan fingerprint density at radius 2 is 1.92 bits per heavy atom. The second-order valence-electron chi connectivity index (χ2n) is 6.04. The Labute approximate surface area is 144 Å². The van der Waals surface area contributed by atoms with Gasteiger partial charge in [0.2, 0.25) is 0 Å². The van der Waals surface area contributed by atoms with Crippen LogP contribution in [0.4, 0.5) is 15.8 Å². The van der Waals surface area contributed by atoms with E-state index in [2.05, 4.69) is 10.6 Å². The zero-order valence-electron chi connectivity index (χ0n) is 13.5. The van der Waals surface area contributed by atoms with E-state index in [-0.39, 0.29) is 29.0 Å². The second kappa shape index (κ2) is 7.29. The zero-order chi connectivity index (χ0) is 17.8. The average Bonchev–Trinajstić information content (AvgIpc) is 3.40. The van der Waals surface area contributed by atoms with Gasteiger partial charge in [0.1, 0.15) is 11.5 Å². The molecule has 0 unspecified atom stereocenters. The van der Waals surface area contributed by atoms with Gasteiger partial charge >= 0.3 is 0 Å². The van der Waals surface area contributed by atoms with Crippen molar-refractivity contribution in [2.75, 3.05) is 11.9 Å². The number of amides is 1. The fourth-order valence-electron chi connectivity index (χ4n) is 2.47. The molecule has 0 saturated heterocycles. The predicted octanol–water partition coefficient (Wildman–Crippen LogP) is 3.28. The molecule has 1 aliphatic carbocycles. The largest absolute Gasteiger partial charge is 0.377 e. The van der Waals surface area contributed by atoms with E-state index in [0.29, 0.717) is 18.7 Å². The van der Waals surface area contributed by atoms with Crippen LogP contribution in [0.3, 0.4) is 0 Å². The first-order chi connectivity index (χ1) is 12.0. The van der Waals surface area contributed by atoms with Crippen LogP contribution in [0.2, 0.25) is 0 Å². The highest BCUT2D eigenvalue weighted by molar-refractivity contribution is 5.95. The van der Waals surface area contributed by atoms with Gasteiger partial charge in [-0.1, -0.05) is 12.1 Å². The fourth-order valence-corrected chi connectivity index (χ4v) is 2.47. The summed E-state index contributed by atoms with van der Waals surface area (Å²) in [5.74, 6) is -0.678. The number of nitro groups is 1. The van der Waals surface area contributed by atoms with Gasteiger partial charge in [-0.15, -0.1) is 0 Å². The van der Waals surface area contributed by atoms with Gasteiger partial charge in [0.05, 0.1) is 4.92 Å². The van der Waals surface area contributed by atoms with Crippen LogP contribution in [0.1, 0.15) is 28.8 Å². The molecule has 2 N–H and O–H groups in total. The zero-order valence-corrected chi connectivity index (χ0v) is 13.5. The lowest BCUT2D eigenvalue weighted by atomic mass is 10.1. The lowest BCUT2D eigenvalue weighted by Crippen LogP contribution is -2.25. The van der Waals surface area contributed by atoms with Crippen LogP contribution in [-0.2, 0) is 6.42 Å². The Morgan fingerprint density at radius 1 is 1.20 bits per heavy atom. The summed E-state index contributed by atoms with van der Waals surface area (Å²) >= 11 is 0. The minimum Gasteiger partial charge on any atom is -0.377 e. The van der Waals surface area contributed by atoms with Crippen LogP contribution in [0.5, 0.6) is 0 Å². The molecule has 2 aromatic rings. The van der Waals surface area contributed by atoms with Crippen molar-refractivity contribution in [1.29, 1.82) is 0 Å². The Bertz CT molecular complexity index is 789. The fraction of sp³-hybridized carbons (Fsp3) is 0.278. The third-order valence-electron chi connectivity index (χ3n) is 4.01. The number of benzene rings is 2. The standard InChI is InChI=1S/C18H18FN3O3/c19-14-4-1-12(2-5-14)9-10-20-18(23)13-3-8-16(21-15-6-7-15)17(11-13)22(24)25/h1-5,8,11,15,21H,6-7,9-10H2,(H,20,23). The van der Waals surface area contributed by atoms with Gasteiger partial charge in [0, 0.05) is 24.2 Å². The molecule has 7 heteroatoms. The number of halogens is 1. The molecule has 0 radical (unpaired) electrons. The number of nitrogens with zero attached hydrogens (tertiary/aromatic N) is 1. The van der Waals surface area contributed by atoms with Crippen LogP contribution in [0.25, 0.3) is 0 Å². The molecular weight excluding hydrogens is 325 g/mol. The topological polar surface area (TPSA) is 84.3 Å². The lowest BCUT2D eigenvalue weighted by Gasteiger charge is -2.09. The van der Waals surface area contributed by atoms with E-state index in [4.69, 9.17) is 0 Å². The average molecular weight is 343 g/mol. The van der Waals surface area contributed by atoms with E-state index in [1.165, 1.54) is 18.2 Å². The number of carbonyl (C=O) groups excluding carboxylic acids is 1. The van der Waals surface area contributed by atoms with Crippen LogP contribution >= 0.6 is 0 Å². The minimum atomic E-state index is -0.486. The number of nitro benzene ring substituents is 1. The summed E-state index contributed by atoms with van der Waals surface area (Å²) in [5, 5.41) is 17.1. The highest BCUT2D eigenvalue weighted by Gasteiger charge is 2.25. The van der Waals surface area contributed by atoms with E-state index in [0.717, 1.165) is 18.4 Å². The van der Waals surface area contributed by atoms with E-state index in [1.807, 2.05) is 0 Å². The molecular formula is C18H18FN3O3. The Balaban J connectivity index is 1.61. The minimum absolute atomic E-state index is 0.0990. The molecule has 0 aliphatic heterocycles. The maximum absolute atomic E-state index is 12.8. The van der Waals surface area contributed by atoms with Crippen molar-refractivity contribution in [2.24, 2.45) is 0 Å². The molecule has 0 aromatic heterocycles. The smallest absolute Gasteiger partial charge is 0.293 e. The van der Waals surface area contributed by atoms with Crippen LogP contribution in [0.15, 0.2) is 42.5 Å². The number of anilines is 1. The molecule has 1 amide bonds. The second-order valence-corrected chi connectivity index (χ2v) is 6.04. The van der Waals surface area contributed by atoms with Crippen molar-refractivity contribution in [3.63, 3.8) is 0 Å². The summed E-state index contributed by atoms with van der Waals surface area (Å²) in [5.41, 5.74) is 1.48. The van der Waals surface area contributed by atoms with Crippen LogP contribution in [-0.4, -0.2) is 23.4 Å². The first kappa shape index (κ1) is 16.9. The molecule has 25 heavy (non-hydrogen) atoms. The number of hydrogen-bond donors (Lipinski definition) is 2.